The van der Waals surface area contributed by atoms with Crippen molar-refractivity contribution >= 4 is 15.7 Å². The number of alkyl halides is 2. The summed E-state index contributed by atoms with van der Waals surface area (Å²) in [4.78, 5) is 12.2. The SMILES string of the molecule is Cc1nn(C(F)F)c(C)c1CC(=O)NCCS(=O)(=O)c1ccccc1. The van der Waals surface area contributed by atoms with Gasteiger partial charge in [-0.05, 0) is 26.0 Å². The van der Waals surface area contributed by atoms with Gasteiger partial charge in [0, 0.05) is 17.8 Å². The summed E-state index contributed by atoms with van der Waals surface area (Å²) in [6.45, 7) is 0.187. The third-order valence-corrected chi connectivity index (χ3v) is 5.52. The zero-order valence-corrected chi connectivity index (χ0v) is 14.7. The van der Waals surface area contributed by atoms with E-state index in [1.807, 2.05) is 0 Å². The maximum absolute atomic E-state index is 12.8. The molecule has 0 bridgehead atoms. The van der Waals surface area contributed by atoms with Crippen LogP contribution in [0.4, 0.5) is 8.78 Å². The van der Waals surface area contributed by atoms with E-state index in [1.54, 1.807) is 25.1 Å². The van der Waals surface area contributed by atoms with Crippen LogP contribution in [0.15, 0.2) is 35.2 Å². The van der Waals surface area contributed by atoms with Crippen molar-refractivity contribution in [3.05, 3.63) is 47.3 Å². The first-order valence-corrected chi connectivity index (χ1v) is 9.25. The average Bonchev–Trinajstić information content (AvgIpc) is 2.84. The lowest BCUT2D eigenvalue weighted by Gasteiger charge is -2.07. The Balaban J connectivity index is 1.94. The number of aryl methyl sites for hydroxylation is 1. The number of nitrogens with zero attached hydrogens (tertiary/aromatic N) is 2. The summed E-state index contributed by atoms with van der Waals surface area (Å²) in [5.74, 6) is -0.680. The topological polar surface area (TPSA) is 81.1 Å². The van der Waals surface area contributed by atoms with Gasteiger partial charge < -0.3 is 5.32 Å². The molecule has 0 atom stereocenters. The molecule has 25 heavy (non-hydrogen) atoms. The molecule has 0 aliphatic carbocycles. The lowest BCUT2D eigenvalue weighted by Crippen LogP contribution is -2.30. The first kappa shape index (κ1) is 19.0. The van der Waals surface area contributed by atoms with E-state index in [9.17, 15) is 22.0 Å². The monoisotopic (exact) mass is 371 g/mol. The van der Waals surface area contributed by atoms with Gasteiger partial charge in [0.1, 0.15) is 0 Å². The molecule has 0 spiro atoms. The van der Waals surface area contributed by atoms with Gasteiger partial charge in [0.2, 0.25) is 5.91 Å². The molecule has 1 N–H and O–H groups in total. The van der Waals surface area contributed by atoms with Crippen LogP contribution in [0.1, 0.15) is 23.5 Å². The van der Waals surface area contributed by atoms with Crippen molar-refractivity contribution in [2.75, 3.05) is 12.3 Å². The molecule has 6 nitrogen and oxygen atoms in total. The molecule has 2 aromatic rings. The number of amides is 1. The van der Waals surface area contributed by atoms with Crippen molar-refractivity contribution in [3.8, 4) is 0 Å². The number of hydrogen-bond donors (Lipinski definition) is 1. The number of carbonyl (C=O) groups is 1. The van der Waals surface area contributed by atoms with E-state index < -0.39 is 22.3 Å². The quantitative estimate of drug-likeness (QED) is 0.807. The van der Waals surface area contributed by atoms with Gasteiger partial charge in [-0.1, -0.05) is 18.2 Å². The molecule has 0 saturated heterocycles. The molecular weight excluding hydrogens is 352 g/mol. The van der Waals surface area contributed by atoms with Crippen LogP contribution in [0, 0.1) is 13.8 Å². The number of aromatic nitrogens is 2. The van der Waals surface area contributed by atoms with Crippen LogP contribution in [0.25, 0.3) is 0 Å². The molecule has 2 rings (SSSR count). The van der Waals surface area contributed by atoms with Crippen LogP contribution < -0.4 is 5.32 Å². The van der Waals surface area contributed by atoms with Crippen LogP contribution in [0.5, 0.6) is 0 Å². The van der Waals surface area contributed by atoms with E-state index in [4.69, 9.17) is 0 Å². The van der Waals surface area contributed by atoms with Crippen LogP contribution in [-0.2, 0) is 21.1 Å². The third kappa shape index (κ3) is 4.62. The first-order valence-electron chi connectivity index (χ1n) is 7.59. The summed E-state index contributed by atoms with van der Waals surface area (Å²) >= 11 is 0. The maximum atomic E-state index is 12.8. The van der Waals surface area contributed by atoms with E-state index >= 15 is 0 Å². The highest BCUT2D eigenvalue weighted by Crippen LogP contribution is 2.19. The van der Waals surface area contributed by atoms with Gasteiger partial charge in [-0.2, -0.15) is 13.9 Å². The minimum absolute atomic E-state index is 0.0584. The zero-order chi connectivity index (χ0) is 18.6. The smallest absolute Gasteiger partial charge is 0.333 e. The highest BCUT2D eigenvalue weighted by Gasteiger charge is 2.19. The fraction of sp³-hybridized carbons (Fsp3) is 0.375. The number of sulfone groups is 1. The Bertz CT molecular complexity index is 849. The van der Waals surface area contributed by atoms with Gasteiger partial charge in [-0.15, -0.1) is 0 Å². The van der Waals surface area contributed by atoms with Gasteiger partial charge >= 0.3 is 6.55 Å². The van der Waals surface area contributed by atoms with Crippen molar-refractivity contribution in [2.24, 2.45) is 0 Å². The minimum atomic E-state index is -3.48. The average molecular weight is 371 g/mol. The Morgan fingerprint density at radius 2 is 1.88 bits per heavy atom. The maximum Gasteiger partial charge on any atom is 0.333 e. The predicted octanol–water partition coefficient (Wildman–Crippen LogP) is 2.03. The molecule has 1 aromatic heterocycles. The molecule has 1 aromatic carbocycles. The number of nitrogens with one attached hydrogen (secondary N) is 1. The molecule has 0 radical (unpaired) electrons. The number of benzene rings is 1. The molecule has 0 unspecified atom stereocenters. The second kappa shape index (κ2) is 7.73. The zero-order valence-electron chi connectivity index (χ0n) is 13.9. The highest BCUT2D eigenvalue weighted by atomic mass is 32.2. The molecule has 0 aliphatic heterocycles. The second-order valence-corrected chi connectivity index (χ2v) is 7.64. The Hall–Kier alpha value is -2.29. The van der Waals surface area contributed by atoms with Gasteiger partial charge in [0.15, 0.2) is 9.84 Å². The first-order chi connectivity index (χ1) is 11.7. The molecule has 0 fully saturated rings. The fourth-order valence-corrected chi connectivity index (χ4v) is 3.61. The summed E-state index contributed by atoms with van der Waals surface area (Å²) in [7, 11) is -3.48. The van der Waals surface area contributed by atoms with E-state index in [0.29, 0.717) is 15.9 Å². The summed E-state index contributed by atoms with van der Waals surface area (Å²) in [5.41, 5.74) is 0.994. The third-order valence-electron chi connectivity index (χ3n) is 3.79. The van der Waals surface area contributed by atoms with E-state index in [2.05, 4.69) is 10.4 Å². The van der Waals surface area contributed by atoms with Crippen LogP contribution in [0.2, 0.25) is 0 Å². The lowest BCUT2D eigenvalue weighted by molar-refractivity contribution is -0.120. The molecular formula is C16H19F2N3O3S. The predicted molar refractivity (Wildman–Crippen MR) is 88.2 cm³/mol. The summed E-state index contributed by atoms with van der Waals surface area (Å²) in [6.07, 6.45) is -0.129. The molecule has 1 amide bonds. The Morgan fingerprint density at radius 3 is 2.44 bits per heavy atom. The van der Waals surface area contributed by atoms with E-state index in [-0.39, 0.29) is 29.3 Å². The van der Waals surface area contributed by atoms with E-state index in [0.717, 1.165) is 0 Å². The van der Waals surface area contributed by atoms with E-state index in [1.165, 1.54) is 19.1 Å². The number of halogens is 2. The van der Waals surface area contributed by atoms with Gasteiger partial charge in [-0.3, -0.25) is 4.79 Å². The molecule has 1 heterocycles. The Morgan fingerprint density at radius 1 is 1.24 bits per heavy atom. The molecule has 0 aliphatic rings. The normalized spacial score (nSPS) is 11.7. The largest absolute Gasteiger partial charge is 0.355 e. The number of carbonyl (C=O) groups excluding carboxylic acids is 1. The summed E-state index contributed by atoms with van der Waals surface area (Å²) in [6, 6.07) is 7.94. The Kier molecular flexibility index (Phi) is 5.89. The summed E-state index contributed by atoms with van der Waals surface area (Å²) in [5, 5.41) is 6.22. The van der Waals surface area contributed by atoms with Gasteiger partial charge in [0.05, 0.1) is 22.8 Å². The Labute approximate surface area is 144 Å². The van der Waals surface area contributed by atoms with Crippen molar-refractivity contribution in [1.29, 1.82) is 0 Å². The van der Waals surface area contributed by atoms with Crippen LogP contribution in [-0.4, -0.2) is 36.4 Å². The van der Waals surface area contributed by atoms with Gasteiger partial charge in [-0.25, -0.2) is 13.1 Å². The minimum Gasteiger partial charge on any atom is -0.355 e. The van der Waals surface area contributed by atoms with Crippen molar-refractivity contribution in [3.63, 3.8) is 0 Å². The highest BCUT2D eigenvalue weighted by molar-refractivity contribution is 7.91. The van der Waals surface area contributed by atoms with Crippen molar-refractivity contribution in [2.45, 2.75) is 31.7 Å². The number of rotatable bonds is 7. The molecule has 9 heteroatoms. The van der Waals surface area contributed by atoms with Crippen molar-refractivity contribution < 1.29 is 22.0 Å². The standard InChI is InChI=1S/C16H19F2N3O3S/c1-11-14(12(2)21(20-11)16(17)18)10-15(22)19-8-9-25(23,24)13-6-4-3-5-7-13/h3-7,16H,8-10H2,1-2H3,(H,19,22). The molecule has 136 valence electrons. The summed E-state index contributed by atoms with van der Waals surface area (Å²) < 4.78 is 50.4. The van der Waals surface area contributed by atoms with Gasteiger partial charge in [0.25, 0.3) is 0 Å². The molecule has 0 saturated carbocycles. The lowest BCUT2D eigenvalue weighted by atomic mass is 10.1. The van der Waals surface area contributed by atoms with Crippen LogP contribution in [0.3, 0.4) is 0 Å². The second-order valence-electron chi connectivity index (χ2n) is 5.53. The van der Waals surface area contributed by atoms with Crippen LogP contribution >= 0.6 is 0 Å². The fourth-order valence-electron chi connectivity index (χ4n) is 2.44. The number of hydrogen-bond acceptors (Lipinski definition) is 4. The van der Waals surface area contributed by atoms with Crippen molar-refractivity contribution in [1.82, 2.24) is 15.1 Å².